The van der Waals surface area contributed by atoms with Crippen molar-refractivity contribution in [3.05, 3.63) is 89.0 Å². The molecule has 0 aromatic heterocycles. The molecule has 0 aliphatic rings. The summed E-state index contributed by atoms with van der Waals surface area (Å²) in [7, 11) is 1.58. The smallest absolute Gasteiger partial charge is 0.248 e. The summed E-state index contributed by atoms with van der Waals surface area (Å²) in [6.45, 7) is 2.81. The number of methoxy groups -OCH3 is 1. The Morgan fingerprint density at radius 2 is 1.74 bits per heavy atom. The molecule has 160 valence electrons. The van der Waals surface area contributed by atoms with Crippen molar-refractivity contribution in [1.82, 2.24) is 0 Å². The van der Waals surface area contributed by atoms with Crippen LogP contribution in [0.15, 0.2) is 72.8 Å². The number of para-hydroxylation sites is 2. The summed E-state index contributed by atoms with van der Waals surface area (Å²) in [6, 6.07) is 20.3. The molecule has 0 spiro atoms. The second-order valence-corrected chi connectivity index (χ2v) is 7.01. The third kappa shape index (κ3) is 6.52. The highest BCUT2D eigenvalue weighted by atomic mass is 35.5. The molecule has 1 amide bonds. The second kappa shape index (κ2) is 11.1. The zero-order valence-electron chi connectivity index (χ0n) is 17.4. The monoisotopic (exact) mass is 437 g/mol. The first-order valence-electron chi connectivity index (χ1n) is 9.85. The number of ether oxygens (including phenoxy) is 3. The Labute approximate surface area is 187 Å². The van der Waals surface area contributed by atoms with Gasteiger partial charge in [0.1, 0.15) is 12.4 Å². The van der Waals surface area contributed by atoms with Crippen LogP contribution >= 0.6 is 11.6 Å². The lowest BCUT2D eigenvalue weighted by Crippen LogP contribution is -2.09. The van der Waals surface area contributed by atoms with E-state index in [2.05, 4.69) is 5.32 Å². The summed E-state index contributed by atoms with van der Waals surface area (Å²) in [4.78, 5) is 12.3. The molecule has 0 aliphatic heterocycles. The summed E-state index contributed by atoms with van der Waals surface area (Å²) in [5, 5.41) is 3.52. The molecule has 0 radical (unpaired) electrons. The first-order chi connectivity index (χ1) is 15.1. The molecule has 3 rings (SSSR count). The summed E-state index contributed by atoms with van der Waals surface area (Å²) in [6.07, 6.45) is 3.18. The van der Waals surface area contributed by atoms with E-state index in [-0.39, 0.29) is 5.91 Å². The van der Waals surface area contributed by atoms with Gasteiger partial charge in [-0.25, -0.2) is 0 Å². The van der Waals surface area contributed by atoms with E-state index in [1.165, 1.54) is 6.08 Å². The number of amides is 1. The van der Waals surface area contributed by atoms with E-state index < -0.39 is 0 Å². The Hall–Kier alpha value is -3.44. The predicted molar refractivity (Wildman–Crippen MR) is 124 cm³/mol. The van der Waals surface area contributed by atoms with Crippen molar-refractivity contribution >= 4 is 29.3 Å². The molecule has 0 atom stereocenters. The predicted octanol–water partition coefficient (Wildman–Crippen LogP) is 5.98. The fourth-order valence-corrected chi connectivity index (χ4v) is 2.97. The number of carbonyl (C=O) groups is 1. The largest absolute Gasteiger partial charge is 0.493 e. The molecular formula is C25H24ClNO4. The van der Waals surface area contributed by atoms with Gasteiger partial charge in [-0.15, -0.1) is 0 Å². The average Bonchev–Trinajstić information content (AvgIpc) is 2.79. The van der Waals surface area contributed by atoms with Crippen molar-refractivity contribution in [2.75, 3.05) is 19.0 Å². The first kappa shape index (κ1) is 22.2. The van der Waals surface area contributed by atoms with Crippen LogP contribution in [0.3, 0.4) is 0 Å². The zero-order valence-corrected chi connectivity index (χ0v) is 18.2. The highest BCUT2D eigenvalue weighted by Crippen LogP contribution is 2.29. The van der Waals surface area contributed by atoms with E-state index in [0.29, 0.717) is 41.2 Å². The number of carbonyl (C=O) groups excluding carboxylic acids is 1. The molecule has 0 saturated carbocycles. The number of hydrogen-bond donors (Lipinski definition) is 1. The van der Waals surface area contributed by atoms with Gasteiger partial charge in [-0.2, -0.15) is 0 Å². The van der Waals surface area contributed by atoms with E-state index in [1.807, 2.05) is 67.6 Å². The third-order valence-electron chi connectivity index (χ3n) is 4.37. The van der Waals surface area contributed by atoms with E-state index in [9.17, 15) is 4.79 Å². The van der Waals surface area contributed by atoms with Gasteiger partial charge in [-0.05, 0) is 60.5 Å². The van der Waals surface area contributed by atoms with Crippen LogP contribution in [0.4, 0.5) is 5.69 Å². The van der Waals surface area contributed by atoms with Crippen molar-refractivity contribution in [3.63, 3.8) is 0 Å². The quantitative estimate of drug-likeness (QED) is 0.418. The average molecular weight is 438 g/mol. The van der Waals surface area contributed by atoms with E-state index in [0.717, 1.165) is 11.1 Å². The van der Waals surface area contributed by atoms with Crippen LogP contribution in [-0.4, -0.2) is 19.6 Å². The molecule has 0 fully saturated rings. The van der Waals surface area contributed by atoms with Crippen LogP contribution in [-0.2, 0) is 11.4 Å². The van der Waals surface area contributed by atoms with Gasteiger partial charge in [0, 0.05) is 11.1 Å². The van der Waals surface area contributed by atoms with Crippen LogP contribution in [0, 0.1) is 0 Å². The van der Waals surface area contributed by atoms with Crippen molar-refractivity contribution in [2.45, 2.75) is 13.5 Å². The van der Waals surface area contributed by atoms with Crippen LogP contribution in [0.5, 0.6) is 17.2 Å². The van der Waals surface area contributed by atoms with Gasteiger partial charge < -0.3 is 19.5 Å². The summed E-state index contributed by atoms with van der Waals surface area (Å²) in [5.74, 6) is 1.58. The number of anilines is 1. The summed E-state index contributed by atoms with van der Waals surface area (Å²) in [5.41, 5.74) is 2.44. The minimum atomic E-state index is -0.255. The Kier molecular flexibility index (Phi) is 7.96. The maximum absolute atomic E-state index is 12.3. The molecule has 1 N–H and O–H groups in total. The SMILES string of the molecule is CCOc1ccccc1NC(=O)C=Cc1ccc(OCc2ccc(Cl)cc2)c(OC)c1. The lowest BCUT2D eigenvalue weighted by Gasteiger charge is -2.12. The van der Waals surface area contributed by atoms with Crippen molar-refractivity contribution in [2.24, 2.45) is 0 Å². The summed E-state index contributed by atoms with van der Waals surface area (Å²) >= 11 is 5.91. The minimum absolute atomic E-state index is 0.255. The van der Waals surface area contributed by atoms with E-state index in [4.69, 9.17) is 25.8 Å². The molecule has 0 heterocycles. The fourth-order valence-electron chi connectivity index (χ4n) is 2.85. The van der Waals surface area contributed by atoms with Crippen molar-refractivity contribution < 1.29 is 19.0 Å². The van der Waals surface area contributed by atoms with E-state index in [1.54, 1.807) is 19.3 Å². The maximum atomic E-state index is 12.3. The molecule has 0 bridgehead atoms. The second-order valence-electron chi connectivity index (χ2n) is 6.58. The molecule has 31 heavy (non-hydrogen) atoms. The van der Waals surface area contributed by atoms with Gasteiger partial charge in [0.25, 0.3) is 0 Å². The Bertz CT molecular complexity index is 1050. The third-order valence-corrected chi connectivity index (χ3v) is 4.62. The molecule has 3 aromatic carbocycles. The Balaban J connectivity index is 1.64. The number of hydrogen-bond acceptors (Lipinski definition) is 4. The van der Waals surface area contributed by atoms with Crippen molar-refractivity contribution in [1.29, 1.82) is 0 Å². The van der Waals surface area contributed by atoms with Crippen LogP contribution in [0.1, 0.15) is 18.1 Å². The summed E-state index contributed by atoms with van der Waals surface area (Å²) < 4.78 is 16.8. The van der Waals surface area contributed by atoms with Gasteiger partial charge in [-0.1, -0.05) is 41.9 Å². The van der Waals surface area contributed by atoms with E-state index >= 15 is 0 Å². The molecule has 5 nitrogen and oxygen atoms in total. The number of halogens is 1. The normalized spacial score (nSPS) is 10.7. The zero-order chi connectivity index (χ0) is 22.1. The Morgan fingerprint density at radius 1 is 0.968 bits per heavy atom. The fraction of sp³-hybridized carbons (Fsp3) is 0.160. The number of rotatable bonds is 9. The molecule has 3 aromatic rings. The molecule has 6 heteroatoms. The van der Waals surface area contributed by atoms with Gasteiger partial charge in [-0.3, -0.25) is 4.79 Å². The maximum Gasteiger partial charge on any atom is 0.248 e. The van der Waals surface area contributed by atoms with Gasteiger partial charge in [0.15, 0.2) is 11.5 Å². The molecule has 0 unspecified atom stereocenters. The van der Waals surface area contributed by atoms with Crippen LogP contribution in [0.2, 0.25) is 5.02 Å². The highest BCUT2D eigenvalue weighted by molar-refractivity contribution is 6.30. The minimum Gasteiger partial charge on any atom is -0.493 e. The first-order valence-corrected chi connectivity index (χ1v) is 10.2. The van der Waals surface area contributed by atoms with Gasteiger partial charge in [0.05, 0.1) is 19.4 Å². The van der Waals surface area contributed by atoms with Crippen LogP contribution in [0.25, 0.3) is 6.08 Å². The molecule has 0 saturated heterocycles. The van der Waals surface area contributed by atoms with Crippen molar-refractivity contribution in [3.8, 4) is 17.2 Å². The Morgan fingerprint density at radius 3 is 2.48 bits per heavy atom. The van der Waals surface area contributed by atoms with Gasteiger partial charge in [0.2, 0.25) is 5.91 Å². The standard InChI is InChI=1S/C25H24ClNO4/c1-3-30-22-7-5-4-6-21(22)27-25(28)15-11-18-10-14-23(24(16-18)29-2)31-17-19-8-12-20(26)13-9-19/h4-16H,3,17H2,1-2H3,(H,27,28). The highest BCUT2D eigenvalue weighted by Gasteiger charge is 2.07. The molecular weight excluding hydrogens is 414 g/mol. The molecule has 0 aliphatic carbocycles. The number of benzene rings is 3. The lowest BCUT2D eigenvalue weighted by molar-refractivity contribution is -0.111. The van der Waals surface area contributed by atoms with Gasteiger partial charge >= 0.3 is 0 Å². The number of nitrogens with one attached hydrogen (secondary N) is 1. The van der Waals surface area contributed by atoms with Crippen LogP contribution < -0.4 is 19.5 Å². The topological polar surface area (TPSA) is 56.8 Å². The lowest BCUT2D eigenvalue weighted by atomic mass is 10.2.